The molecule has 0 N–H and O–H groups in total. The molecule has 0 atom stereocenters. The molecule has 0 amide bonds. The van der Waals surface area contributed by atoms with Crippen molar-refractivity contribution in [2.45, 2.75) is 26.4 Å². The summed E-state index contributed by atoms with van der Waals surface area (Å²) in [5.41, 5.74) is 1.00. The van der Waals surface area contributed by atoms with E-state index in [1.54, 1.807) is 0 Å². The van der Waals surface area contributed by atoms with Gasteiger partial charge in [0.05, 0.1) is 0 Å². The molecule has 1 rings (SSSR count). The number of carbonyl (C=O) groups is 1. The number of ether oxygens (including phenoxy) is 1. The van der Waals surface area contributed by atoms with E-state index in [9.17, 15) is 4.79 Å². The Labute approximate surface area is 78.5 Å². The molecule has 0 fully saturated rings. The predicted molar refractivity (Wildman–Crippen MR) is 50.0 cm³/mol. The van der Waals surface area contributed by atoms with Gasteiger partial charge < -0.3 is 4.74 Å². The fourth-order valence-electron chi connectivity index (χ4n) is 0.958. The van der Waals surface area contributed by atoms with Crippen LogP contribution in [0.5, 0.6) is 0 Å². The normalized spacial score (nSPS) is 9.62. The number of hydrogen-bond donors (Lipinski definition) is 0. The van der Waals surface area contributed by atoms with E-state index in [4.69, 9.17) is 4.74 Å². The van der Waals surface area contributed by atoms with Crippen LogP contribution in [0.15, 0.2) is 24.3 Å². The SMILES string of the molecule is CCCC(=O)OCc1cc[c]cc1. The van der Waals surface area contributed by atoms with E-state index in [0.29, 0.717) is 13.0 Å². The molecule has 0 bridgehead atoms. The number of esters is 1. The van der Waals surface area contributed by atoms with Crippen molar-refractivity contribution in [3.05, 3.63) is 35.9 Å². The predicted octanol–water partition coefficient (Wildman–Crippen LogP) is 2.33. The molecule has 13 heavy (non-hydrogen) atoms. The molecule has 0 aliphatic heterocycles. The molecule has 69 valence electrons. The first-order valence-electron chi connectivity index (χ1n) is 4.43. The Bertz CT molecular complexity index is 254. The summed E-state index contributed by atoms with van der Waals surface area (Å²) >= 11 is 0. The Morgan fingerprint density at radius 2 is 2.15 bits per heavy atom. The summed E-state index contributed by atoms with van der Waals surface area (Å²) < 4.78 is 5.02. The first-order valence-corrected chi connectivity index (χ1v) is 4.43. The lowest BCUT2D eigenvalue weighted by atomic mass is 10.2. The van der Waals surface area contributed by atoms with E-state index in [0.717, 1.165) is 12.0 Å². The van der Waals surface area contributed by atoms with Crippen LogP contribution >= 0.6 is 0 Å². The van der Waals surface area contributed by atoms with Gasteiger partial charge >= 0.3 is 5.97 Å². The van der Waals surface area contributed by atoms with Gasteiger partial charge in [0.1, 0.15) is 6.61 Å². The van der Waals surface area contributed by atoms with Gasteiger partial charge in [0.25, 0.3) is 0 Å². The minimum absolute atomic E-state index is 0.129. The van der Waals surface area contributed by atoms with Crippen LogP contribution in [0.4, 0.5) is 0 Å². The highest BCUT2D eigenvalue weighted by Crippen LogP contribution is 2.01. The minimum atomic E-state index is -0.129. The summed E-state index contributed by atoms with van der Waals surface area (Å²) in [4.78, 5) is 11.0. The highest BCUT2D eigenvalue weighted by Gasteiger charge is 2.00. The van der Waals surface area contributed by atoms with Crippen LogP contribution in [-0.4, -0.2) is 5.97 Å². The second-order valence-corrected chi connectivity index (χ2v) is 2.82. The monoisotopic (exact) mass is 177 g/mol. The van der Waals surface area contributed by atoms with Gasteiger partial charge in [0.2, 0.25) is 0 Å². The highest BCUT2D eigenvalue weighted by atomic mass is 16.5. The Kier molecular flexibility index (Phi) is 4.03. The molecule has 1 aromatic rings. The van der Waals surface area contributed by atoms with E-state index in [-0.39, 0.29) is 5.97 Å². The second-order valence-electron chi connectivity index (χ2n) is 2.82. The fraction of sp³-hybridized carbons (Fsp3) is 0.364. The average molecular weight is 177 g/mol. The quantitative estimate of drug-likeness (QED) is 0.660. The molecule has 0 saturated carbocycles. The molecule has 0 aliphatic carbocycles. The van der Waals surface area contributed by atoms with E-state index in [1.165, 1.54) is 0 Å². The van der Waals surface area contributed by atoms with E-state index in [1.807, 2.05) is 31.2 Å². The van der Waals surface area contributed by atoms with Gasteiger partial charge in [-0.2, -0.15) is 0 Å². The summed E-state index contributed by atoms with van der Waals surface area (Å²) in [5.74, 6) is -0.129. The lowest BCUT2D eigenvalue weighted by Gasteiger charge is -2.02. The zero-order valence-corrected chi connectivity index (χ0v) is 7.75. The van der Waals surface area contributed by atoms with Crippen molar-refractivity contribution in [2.75, 3.05) is 0 Å². The molecular formula is C11H13O2. The molecule has 0 spiro atoms. The molecule has 0 saturated heterocycles. The van der Waals surface area contributed by atoms with Crippen molar-refractivity contribution in [1.82, 2.24) is 0 Å². The van der Waals surface area contributed by atoms with Gasteiger partial charge in [-0.25, -0.2) is 0 Å². The van der Waals surface area contributed by atoms with Crippen LogP contribution in [-0.2, 0) is 16.1 Å². The zero-order valence-electron chi connectivity index (χ0n) is 7.75. The molecule has 1 aromatic carbocycles. The van der Waals surface area contributed by atoms with Gasteiger partial charge in [0.15, 0.2) is 0 Å². The summed E-state index contributed by atoms with van der Waals surface area (Å²) in [6, 6.07) is 10.3. The third kappa shape index (κ3) is 3.74. The lowest BCUT2D eigenvalue weighted by Crippen LogP contribution is -2.03. The van der Waals surface area contributed by atoms with Crippen molar-refractivity contribution in [3.63, 3.8) is 0 Å². The number of rotatable bonds is 4. The summed E-state index contributed by atoms with van der Waals surface area (Å²) in [6.45, 7) is 2.33. The van der Waals surface area contributed by atoms with Gasteiger partial charge in [-0.3, -0.25) is 4.79 Å². The Hall–Kier alpha value is -1.31. The summed E-state index contributed by atoms with van der Waals surface area (Å²) in [5, 5.41) is 0. The van der Waals surface area contributed by atoms with Crippen molar-refractivity contribution < 1.29 is 9.53 Å². The molecule has 0 unspecified atom stereocenters. The molecule has 2 heteroatoms. The van der Waals surface area contributed by atoms with Crippen molar-refractivity contribution >= 4 is 5.97 Å². The number of benzene rings is 1. The zero-order chi connectivity index (χ0) is 9.52. The van der Waals surface area contributed by atoms with Gasteiger partial charge in [-0.1, -0.05) is 31.2 Å². The van der Waals surface area contributed by atoms with E-state index >= 15 is 0 Å². The Morgan fingerprint density at radius 1 is 1.46 bits per heavy atom. The van der Waals surface area contributed by atoms with Crippen molar-refractivity contribution in [1.29, 1.82) is 0 Å². The van der Waals surface area contributed by atoms with Gasteiger partial charge in [-0.05, 0) is 18.1 Å². The van der Waals surface area contributed by atoms with Gasteiger partial charge in [0, 0.05) is 6.42 Å². The van der Waals surface area contributed by atoms with Crippen molar-refractivity contribution in [3.8, 4) is 0 Å². The number of carbonyl (C=O) groups excluding carboxylic acids is 1. The molecule has 1 radical (unpaired) electrons. The van der Waals surface area contributed by atoms with Crippen LogP contribution in [0.2, 0.25) is 0 Å². The third-order valence-corrected chi connectivity index (χ3v) is 1.64. The molecule has 0 heterocycles. The smallest absolute Gasteiger partial charge is 0.306 e. The topological polar surface area (TPSA) is 26.3 Å². The maximum Gasteiger partial charge on any atom is 0.306 e. The molecular weight excluding hydrogens is 164 g/mol. The first kappa shape index (κ1) is 9.78. The number of hydrogen-bond acceptors (Lipinski definition) is 2. The van der Waals surface area contributed by atoms with Crippen molar-refractivity contribution in [2.24, 2.45) is 0 Å². The molecule has 0 aliphatic rings. The van der Waals surface area contributed by atoms with Crippen LogP contribution < -0.4 is 0 Å². The minimum Gasteiger partial charge on any atom is -0.461 e. The maximum absolute atomic E-state index is 11.0. The van der Waals surface area contributed by atoms with Crippen LogP contribution in [0.3, 0.4) is 0 Å². The maximum atomic E-state index is 11.0. The molecule has 0 aromatic heterocycles. The standard InChI is InChI=1S/C11H13O2/c1-2-6-11(12)13-9-10-7-4-3-5-8-10/h4-5,7-8H,2,6,9H2,1H3. The fourth-order valence-corrected chi connectivity index (χ4v) is 0.958. The van der Waals surface area contributed by atoms with Gasteiger partial charge in [-0.15, -0.1) is 0 Å². The average Bonchev–Trinajstić information content (AvgIpc) is 2.17. The largest absolute Gasteiger partial charge is 0.461 e. The lowest BCUT2D eigenvalue weighted by molar-refractivity contribution is -0.144. The Morgan fingerprint density at radius 3 is 2.77 bits per heavy atom. The summed E-state index contributed by atoms with van der Waals surface area (Å²) in [7, 11) is 0. The van der Waals surface area contributed by atoms with Crippen LogP contribution in [0, 0.1) is 6.07 Å². The second kappa shape index (κ2) is 5.36. The highest BCUT2D eigenvalue weighted by molar-refractivity contribution is 5.69. The van der Waals surface area contributed by atoms with Crippen LogP contribution in [0.1, 0.15) is 25.3 Å². The third-order valence-electron chi connectivity index (χ3n) is 1.64. The molecule has 2 nitrogen and oxygen atoms in total. The first-order chi connectivity index (χ1) is 6.33. The Balaban J connectivity index is 2.31. The van der Waals surface area contributed by atoms with E-state index < -0.39 is 0 Å². The summed E-state index contributed by atoms with van der Waals surface area (Å²) in [6.07, 6.45) is 1.33. The van der Waals surface area contributed by atoms with Crippen LogP contribution in [0.25, 0.3) is 0 Å². The van der Waals surface area contributed by atoms with E-state index in [2.05, 4.69) is 6.07 Å².